The average molecular weight is 299 g/mol. The van der Waals surface area contributed by atoms with Crippen molar-refractivity contribution >= 4 is 11.6 Å². The van der Waals surface area contributed by atoms with Crippen LogP contribution in [0.3, 0.4) is 0 Å². The van der Waals surface area contributed by atoms with Crippen molar-refractivity contribution in [2.45, 2.75) is 34.1 Å². The van der Waals surface area contributed by atoms with Gasteiger partial charge in [-0.25, -0.2) is 0 Å². The largest absolute Gasteiger partial charge is 0.494 e. The third kappa shape index (κ3) is 5.60. The van der Waals surface area contributed by atoms with Crippen molar-refractivity contribution in [1.29, 1.82) is 0 Å². The normalized spacial score (nSPS) is 9.45. The highest BCUT2D eigenvalue weighted by molar-refractivity contribution is 6.04. The first-order valence-corrected chi connectivity index (χ1v) is 7.80. The lowest BCUT2D eigenvalue weighted by Gasteiger charge is -2.07. The molecule has 2 aromatic rings. The molecule has 118 valence electrons. The highest BCUT2D eigenvalue weighted by Crippen LogP contribution is 2.15. The van der Waals surface area contributed by atoms with Gasteiger partial charge < -0.3 is 10.1 Å². The highest BCUT2D eigenvalue weighted by atomic mass is 16.5. The van der Waals surface area contributed by atoms with Crippen LogP contribution >= 0.6 is 0 Å². The van der Waals surface area contributed by atoms with Gasteiger partial charge in [0.1, 0.15) is 5.75 Å². The van der Waals surface area contributed by atoms with Crippen molar-refractivity contribution < 1.29 is 9.53 Å². The molecular weight excluding hydrogens is 274 g/mol. The van der Waals surface area contributed by atoms with E-state index < -0.39 is 0 Å². The van der Waals surface area contributed by atoms with Crippen LogP contribution in [-0.2, 0) is 0 Å². The van der Waals surface area contributed by atoms with Crippen molar-refractivity contribution in [2.75, 3.05) is 11.9 Å². The third-order valence-corrected chi connectivity index (χ3v) is 2.90. The molecule has 0 atom stereocenters. The molecule has 2 rings (SSSR count). The van der Waals surface area contributed by atoms with Crippen molar-refractivity contribution in [2.24, 2.45) is 0 Å². The second-order valence-corrected chi connectivity index (χ2v) is 4.69. The molecule has 3 heteroatoms. The Balaban J connectivity index is 0.00000116. The maximum Gasteiger partial charge on any atom is 0.255 e. The summed E-state index contributed by atoms with van der Waals surface area (Å²) in [6, 6.07) is 14.9. The van der Waals surface area contributed by atoms with Crippen LogP contribution in [0.15, 0.2) is 48.5 Å². The summed E-state index contributed by atoms with van der Waals surface area (Å²) in [6.07, 6.45) is 0.968. The lowest BCUT2D eigenvalue weighted by Crippen LogP contribution is -2.11. The molecule has 0 aliphatic rings. The monoisotopic (exact) mass is 299 g/mol. The Morgan fingerprint density at radius 3 is 2.14 bits per heavy atom. The maximum atomic E-state index is 12.1. The van der Waals surface area contributed by atoms with Crippen molar-refractivity contribution in [3.8, 4) is 5.75 Å². The van der Waals surface area contributed by atoms with Crippen LogP contribution in [0.4, 0.5) is 5.69 Å². The topological polar surface area (TPSA) is 38.3 Å². The van der Waals surface area contributed by atoms with Gasteiger partial charge in [-0.15, -0.1) is 0 Å². The van der Waals surface area contributed by atoms with Crippen LogP contribution in [0.5, 0.6) is 5.75 Å². The number of amides is 1. The summed E-state index contributed by atoms with van der Waals surface area (Å²) in [6.45, 7) is 8.76. The fraction of sp³-hybridized carbons (Fsp3) is 0.316. The number of carbonyl (C=O) groups is 1. The summed E-state index contributed by atoms with van der Waals surface area (Å²) in [5, 5.41) is 2.87. The predicted octanol–water partition coefficient (Wildman–Crippen LogP) is 5.06. The number of carbonyl (C=O) groups excluding carboxylic acids is 1. The van der Waals surface area contributed by atoms with Crippen molar-refractivity contribution in [1.82, 2.24) is 0 Å². The van der Waals surface area contributed by atoms with E-state index in [1.165, 1.54) is 5.56 Å². The third-order valence-electron chi connectivity index (χ3n) is 2.90. The molecule has 0 saturated heterocycles. The molecule has 0 aliphatic heterocycles. The summed E-state index contributed by atoms with van der Waals surface area (Å²) < 4.78 is 5.49. The number of rotatable bonds is 5. The first kappa shape index (κ1) is 17.8. The van der Waals surface area contributed by atoms with E-state index in [0.29, 0.717) is 12.2 Å². The van der Waals surface area contributed by atoms with Gasteiger partial charge in [-0.1, -0.05) is 38.5 Å². The zero-order valence-electron chi connectivity index (χ0n) is 13.8. The number of ether oxygens (including phenoxy) is 1. The molecule has 0 bridgehead atoms. The Bertz CT molecular complexity index is 559. The van der Waals surface area contributed by atoms with E-state index in [0.717, 1.165) is 17.9 Å². The second-order valence-electron chi connectivity index (χ2n) is 4.69. The van der Waals surface area contributed by atoms with E-state index in [1.54, 1.807) is 12.1 Å². The first-order chi connectivity index (χ1) is 10.7. The standard InChI is InChI=1S/C17H19NO2.C2H6/c1-3-12-20-16-10-6-14(7-11-16)17(19)18-15-8-4-13(2)5-9-15;1-2/h4-11H,3,12H2,1-2H3,(H,18,19);1-2H3. The molecule has 22 heavy (non-hydrogen) atoms. The van der Waals surface area contributed by atoms with E-state index in [4.69, 9.17) is 4.74 Å². The number of nitrogens with one attached hydrogen (secondary N) is 1. The SMILES string of the molecule is CC.CCCOc1ccc(C(=O)Nc2ccc(C)cc2)cc1. The molecule has 0 radical (unpaired) electrons. The van der Waals surface area contributed by atoms with Gasteiger partial charge in [0.05, 0.1) is 6.61 Å². The molecule has 0 unspecified atom stereocenters. The number of anilines is 1. The number of hydrogen-bond donors (Lipinski definition) is 1. The lowest BCUT2D eigenvalue weighted by molar-refractivity contribution is 0.102. The van der Waals surface area contributed by atoms with Crippen molar-refractivity contribution in [3.05, 3.63) is 59.7 Å². The van der Waals surface area contributed by atoms with E-state index in [-0.39, 0.29) is 5.91 Å². The molecule has 1 amide bonds. The molecule has 0 spiro atoms. The fourth-order valence-electron chi connectivity index (χ4n) is 1.76. The van der Waals surface area contributed by atoms with E-state index >= 15 is 0 Å². The Kier molecular flexibility index (Phi) is 7.76. The summed E-state index contributed by atoms with van der Waals surface area (Å²) in [7, 11) is 0. The van der Waals surface area contributed by atoms with Gasteiger partial charge in [-0.2, -0.15) is 0 Å². The van der Waals surface area contributed by atoms with Crippen LogP contribution in [0.25, 0.3) is 0 Å². The minimum atomic E-state index is -0.115. The van der Waals surface area contributed by atoms with Crippen LogP contribution in [0, 0.1) is 6.92 Å². The van der Waals surface area contributed by atoms with Crippen LogP contribution < -0.4 is 10.1 Å². The van der Waals surface area contributed by atoms with Crippen molar-refractivity contribution in [3.63, 3.8) is 0 Å². The maximum absolute atomic E-state index is 12.1. The number of benzene rings is 2. The van der Waals surface area contributed by atoms with Gasteiger partial charge in [0.25, 0.3) is 5.91 Å². The second kappa shape index (κ2) is 9.61. The predicted molar refractivity (Wildman–Crippen MR) is 92.7 cm³/mol. The van der Waals surface area contributed by atoms with Crippen LogP contribution in [-0.4, -0.2) is 12.5 Å². The minimum absolute atomic E-state index is 0.115. The molecule has 0 heterocycles. The zero-order chi connectivity index (χ0) is 16.4. The fourth-order valence-corrected chi connectivity index (χ4v) is 1.76. The van der Waals surface area contributed by atoms with E-state index in [1.807, 2.05) is 57.2 Å². The van der Waals surface area contributed by atoms with Crippen LogP contribution in [0.1, 0.15) is 43.1 Å². The van der Waals surface area contributed by atoms with Gasteiger partial charge in [0, 0.05) is 11.3 Å². The number of hydrogen-bond acceptors (Lipinski definition) is 2. The minimum Gasteiger partial charge on any atom is -0.494 e. The molecule has 3 nitrogen and oxygen atoms in total. The Morgan fingerprint density at radius 2 is 1.59 bits per heavy atom. The molecule has 0 aromatic heterocycles. The van der Waals surface area contributed by atoms with Gasteiger partial charge >= 0.3 is 0 Å². The Morgan fingerprint density at radius 1 is 1.00 bits per heavy atom. The Labute approximate surface area is 133 Å². The highest BCUT2D eigenvalue weighted by Gasteiger charge is 2.06. The first-order valence-electron chi connectivity index (χ1n) is 7.80. The summed E-state index contributed by atoms with van der Waals surface area (Å²) in [5.41, 5.74) is 2.58. The molecular formula is C19H25NO2. The van der Waals surface area contributed by atoms with Gasteiger partial charge in [-0.05, 0) is 49.7 Å². The lowest BCUT2D eigenvalue weighted by atomic mass is 10.2. The summed E-state index contributed by atoms with van der Waals surface area (Å²) in [5.74, 6) is 0.676. The molecule has 2 aromatic carbocycles. The van der Waals surface area contributed by atoms with Gasteiger partial charge in [0.2, 0.25) is 0 Å². The smallest absolute Gasteiger partial charge is 0.255 e. The molecule has 0 fully saturated rings. The van der Waals surface area contributed by atoms with E-state index in [2.05, 4.69) is 12.2 Å². The molecule has 0 saturated carbocycles. The summed E-state index contributed by atoms with van der Waals surface area (Å²) >= 11 is 0. The van der Waals surface area contributed by atoms with Gasteiger partial charge in [0.15, 0.2) is 0 Å². The van der Waals surface area contributed by atoms with Gasteiger partial charge in [-0.3, -0.25) is 4.79 Å². The number of aryl methyl sites for hydroxylation is 1. The summed E-state index contributed by atoms with van der Waals surface area (Å²) in [4.78, 5) is 12.1. The zero-order valence-corrected chi connectivity index (χ0v) is 13.8. The van der Waals surface area contributed by atoms with E-state index in [9.17, 15) is 4.79 Å². The Hall–Kier alpha value is -2.29. The molecule has 1 N–H and O–H groups in total. The average Bonchev–Trinajstić information content (AvgIpc) is 2.57. The quantitative estimate of drug-likeness (QED) is 0.837. The molecule has 0 aliphatic carbocycles. The van der Waals surface area contributed by atoms with Crippen LogP contribution in [0.2, 0.25) is 0 Å².